The van der Waals surface area contributed by atoms with Gasteiger partial charge in [0.2, 0.25) is 0 Å². The highest BCUT2D eigenvalue weighted by Crippen LogP contribution is 2.16. The Bertz CT molecular complexity index is 711. The molecule has 27 heavy (non-hydrogen) atoms. The summed E-state index contributed by atoms with van der Waals surface area (Å²) in [6, 6.07) is 5.83. The first kappa shape index (κ1) is 21.9. The largest absolute Gasteiger partial charge is 0.496 e. The Morgan fingerprint density at radius 1 is 1.11 bits per heavy atom. The minimum atomic E-state index is -1.20. The van der Waals surface area contributed by atoms with Gasteiger partial charge in [-0.15, -0.1) is 0 Å². The van der Waals surface area contributed by atoms with E-state index in [1.54, 1.807) is 45.0 Å². The fourth-order valence-electron chi connectivity index (χ4n) is 1.96. The summed E-state index contributed by atoms with van der Waals surface area (Å²) in [6.45, 7) is 6.14. The van der Waals surface area contributed by atoms with Crippen molar-refractivity contribution in [3.8, 4) is 5.75 Å². The maximum absolute atomic E-state index is 12.1. The van der Waals surface area contributed by atoms with Crippen LogP contribution in [0.1, 0.15) is 38.1 Å². The van der Waals surface area contributed by atoms with E-state index in [1.807, 2.05) is 0 Å². The Morgan fingerprint density at radius 2 is 1.74 bits per heavy atom. The molecule has 0 saturated carbocycles. The highest BCUT2D eigenvalue weighted by atomic mass is 16.5. The summed E-state index contributed by atoms with van der Waals surface area (Å²) in [7, 11) is 1.43. The van der Waals surface area contributed by atoms with Gasteiger partial charge in [-0.2, -0.15) is 0 Å². The molecule has 0 aliphatic carbocycles. The quantitative estimate of drug-likeness (QED) is 0.633. The lowest BCUT2D eigenvalue weighted by atomic mass is 10.1. The third-order valence-corrected chi connectivity index (χ3v) is 3.15. The van der Waals surface area contributed by atoms with E-state index < -0.39 is 42.0 Å². The van der Waals surface area contributed by atoms with Gasteiger partial charge in [-0.3, -0.25) is 19.7 Å². The van der Waals surface area contributed by atoms with Gasteiger partial charge in [0.1, 0.15) is 12.3 Å². The zero-order chi connectivity index (χ0) is 20.6. The van der Waals surface area contributed by atoms with Crippen LogP contribution in [0, 0.1) is 0 Å². The lowest BCUT2D eigenvalue weighted by molar-refractivity contribution is -0.153. The third kappa shape index (κ3) is 7.76. The van der Waals surface area contributed by atoms with Crippen LogP contribution < -0.4 is 20.7 Å². The molecule has 0 heterocycles. The standard InChI is InChI=1S/C18H25N3O6/c1-11(15(23)20-17(25)21-18(2,3)4)27-14(22)10-19-16(24)12-8-6-7-9-13(12)26-5/h6-9,11H,10H2,1-5H3,(H,19,24)(H2,20,21,23,25)/t11-/m0/s1. The number of carbonyl (C=O) groups is 4. The molecule has 1 atom stereocenters. The van der Waals surface area contributed by atoms with Crippen molar-refractivity contribution in [3.63, 3.8) is 0 Å². The molecule has 0 bridgehead atoms. The highest BCUT2D eigenvalue weighted by Gasteiger charge is 2.22. The molecule has 0 fully saturated rings. The van der Waals surface area contributed by atoms with Crippen molar-refractivity contribution in [2.45, 2.75) is 39.3 Å². The van der Waals surface area contributed by atoms with E-state index in [9.17, 15) is 19.2 Å². The molecule has 4 amide bonds. The molecule has 9 heteroatoms. The maximum Gasteiger partial charge on any atom is 0.326 e. The van der Waals surface area contributed by atoms with Crippen molar-refractivity contribution in [3.05, 3.63) is 29.8 Å². The molecule has 1 aromatic carbocycles. The molecule has 148 valence electrons. The molecule has 0 spiro atoms. The van der Waals surface area contributed by atoms with Crippen molar-refractivity contribution >= 4 is 23.8 Å². The number of hydrogen-bond donors (Lipinski definition) is 3. The third-order valence-electron chi connectivity index (χ3n) is 3.15. The Balaban J connectivity index is 2.48. The first-order valence-electron chi connectivity index (χ1n) is 8.27. The van der Waals surface area contributed by atoms with Crippen LogP contribution >= 0.6 is 0 Å². The number of imide groups is 1. The molecule has 3 N–H and O–H groups in total. The zero-order valence-corrected chi connectivity index (χ0v) is 16.0. The summed E-state index contributed by atoms with van der Waals surface area (Å²) in [5.41, 5.74) is -0.259. The smallest absolute Gasteiger partial charge is 0.326 e. The Hall–Kier alpha value is -3.10. The number of methoxy groups -OCH3 is 1. The molecular weight excluding hydrogens is 354 g/mol. The number of ether oxygens (including phenoxy) is 2. The Morgan fingerprint density at radius 3 is 2.33 bits per heavy atom. The number of para-hydroxylation sites is 1. The SMILES string of the molecule is COc1ccccc1C(=O)NCC(=O)O[C@@H](C)C(=O)NC(=O)NC(C)(C)C. The summed E-state index contributed by atoms with van der Waals surface area (Å²) in [5.74, 6) is -1.76. The average Bonchev–Trinajstić information content (AvgIpc) is 2.57. The van der Waals surface area contributed by atoms with Crippen LogP contribution in [-0.2, 0) is 14.3 Å². The predicted molar refractivity (Wildman–Crippen MR) is 97.3 cm³/mol. The number of benzene rings is 1. The van der Waals surface area contributed by atoms with Gasteiger partial charge in [0.25, 0.3) is 11.8 Å². The van der Waals surface area contributed by atoms with Gasteiger partial charge in [0.05, 0.1) is 12.7 Å². The molecule has 0 saturated heterocycles. The summed E-state index contributed by atoms with van der Waals surface area (Å²) < 4.78 is 9.98. The number of carbonyl (C=O) groups excluding carboxylic acids is 4. The van der Waals surface area contributed by atoms with Gasteiger partial charge in [-0.05, 0) is 39.8 Å². The first-order chi connectivity index (χ1) is 12.5. The van der Waals surface area contributed by atoms with Crippen molar-refractivity contribution in [2.75, 3.05) is 13.7 Å². The molecule has 0 unspecified atom stereocenters. The first-order valence-corrected chi connectivity index (χ1v) is 8.27. The van der Waals surface area contributed by atoms with Crippen LogP contribution in [0.2, 0.25) is 0 Å². The fraction of sp³-hybridized carbons (Fsp3) is 0.444. The summed E-state index contributed by atoms with van der Waals surface area (Å²) >= 11 is 0. The monoisotopic (exact) mass is 379 g/mol. The van der Waals surface area contributed by atoms with Gasteiger partial charge >= 0.3 is 12.0 Å². The molecule has 1 rings (SSSR count). The van der Waals surface area contributed by atoms with Gasteiger partial charge in [0.15, 0.2) is 6.10 Å². The van der Waals surface area contributed by atoms with Gasteiger partial charge in [-0.25, -0.2) is 4.79 Å². The second kappa shape index (κ2) is 9.56. The molecular formula is C18H25N3O6. The summed E-state index contributed by atoms with van der Waals surface area (Å²) in [4.78, 5) is 47.4. The number of nitrogens with one attached hydrogen (secondary N) is 3. The van der Waals surface area contributed by atoms with Crippen LogP contribution in [-0.4, -0.2) is 49.1 Å². The van der Waals surface area contributed by atoms with Crippen LogP contribution in [0.25, 0.3) is 0 Å². The van der Waals surface area contributed by atoms with E-state index >= 15 is 0 Å². The lowest BCUT2D eigenvalue weighted by Crippen LogP contribution is -2.50. The maximum atomic E-state index is 12.1. The minimum Gasteiger partial charge on any atom is -0.496 e. The number of urea groups is 1. The molecule has 0 aliphatic heterocycles. The van der Waals surface area contributed by atoms with Crippen LogP contribution in [0.15, 0.2) is 24.3 Å². The van der Waals surface area contributed by atoms with Gasteiger partial charge < -0.3 is 20.1 Å². The molecule has 0 radical (unpaired) electrons. The Kier molecular flexibility index (Phi) is 7.77. The minimum absolute atomic E-state index is 0.262. The molecule has 9 nitrogen and oxygen atoms in total. The normalized spacial score (nSPS) is 11.7. The summed E-state index contributed by atoms with van der Waals surface area (Å²) in [6.07, 6.45) is -1.20. The second-order valence-electron chi connectivity index (χ2n) is 6.71. The number of esters is 1. The highest BCUT2D eigenvalue weighted by molar-refractivity contribution is 5.99. The van der Waals surface area contributed by atoms with E-state index in [4.69, 9.17) is 9.47 Å². The van der Waals surface area contributed by atoms with Gasteiger partial charge in [0, 0.05) is 5.54 Å². The second-order valence-corrected chi connectivity index (χ2v) is 6.71. The van der Waals surface area contributed by atoms with Crippen molar-refractivity contribution < 1.29 is 28.7 Å². The van der Waals surface area contributed by atoms with Crippen LogP contribution in [0.3, 0.4) is 0 Å². The van der Waals surface area contributed by atoms with E-state index in [-0.39, 0.29) is 5.56 Å². The van der Waals surface area contributed by atoms with Crippen molar-refractivity contribution in [1.82, 2.24) is 16.0 Å². The molecule has 0 aromatic heterocycles. The van der Waals surface area contributed by atoms with Crippen molar-refractivity contribution in [2.24, 2.45) is 0 Å². The lowest BCUT2D eigenvalue weighted by Gasteiger charge is -2.21. The van der Waals surface area contributed by atoms with E-state index in [0.29, 0.717) is 5.75 Å². The number of amides is 4. The van der Waals surface area contributed by atoms with Gasteiger partial charge in [-0.1, -0.05) is 12.1 Å². The zero-order valence-electron chi connectivity index (χ0n) is 16.0. The average molecular weight is 379 g/mol. The van der Waals surface area contributed by atoms with E-state index in [0.717, 1.165) is 0 Å². The number of hydrogen-bond acceptors (Lipinski definition) is 6. The van der Waals surface area contributed by atoms with E-state index in [2.05, 4.69) is 16.0 Å². The predicted octanol–water partition coefficient (Wildman–Crippen LogP) is 0.981. The topological polar surface area (TPSA) is 123 Å². The molecule has 1 aromatic rings. The fourth-order valence-corrected chi connectivity index (χ4v) is 1.96. The number of rotatable bonds is 6. The Labute approximate surface area is 157 Å². The van der Waals surface area contributed by atoms with E-state index in [1.165, 1.54) is 14.0 Å². The van der Waals surface area contributed by atoms with Crippen molar-refractivity contribution in [1.29, 1.82) is 0 Å². The molecule has 0 aliphatic rings. The van der Waals surface area contributed by atoms with Crippen LogP contribution in [0.5, 0.6) is 5.75 Å². The summed E-state index contributed by atoms with van der Waals surface area (Å²) in [5, 5.41) is 7.01. The van der Waals surface area contributed by atoms with Crippen LogP contribution in [0.4, 0.5) is 4.79 Å².